The maximum absolute atomic E-state index is 11.2. The summed E-state index contributed by atoms with van der Waals surface area (Å²) in [4.78, 5) is 2.01. The van der Waals surface area contributed by atoms with E-state index >= 15 is 0 Å². The van der Waals surface area contributed by atoms with Crippen molar-refractivity contribution in [1.29, 1.82) is 5.26 Å². The van der Waals surface area contributed by atoms with Crippen molar-refractivity contribution in [3.63, 3.8) is 0 Å². The molecule has 1 saturated heterocycles. The molecule has 0 N–H and O–H groups in total. The Morgan fingerprint density at radius 1 is 1.64 bits per heavy atom. The predicted molar refractivity (Wildman–Crippen MR) is 54.5 cm³/mol. The lowest BCUT2D eigenvalue weighted by molar-refractivity contribution is 0.202. The molecular formula is C9H16N2O2S. The second kappa shape index (κ2) is 4.28. The van der Waals surface area contributed by atoms with Crippen molar-refractivity contribution in [2.75, 3.05) is 18.6 Å². The maximum atomic E-state index is 11.2. The van der Waals surface area contributed by atoms with Crippen LogP contribution in [0.5, 0.6) is 0 Å². The Balaban J connectivity index is 2.56. The van der Waals surface area contributed by atoms with Crippen LogP contribution in [0.4, 0.5) is 0 Å². The molecule has 1 aliphatic heterocycles. The van der Waals surface area contributed by atoms with Crippen LogP contribution in [0.25, 0.3) is 0 Å². The van der Waals surface area contributed by atoms with Gasteiger partial charge in [-0.05, 0) is 20.4 Å². The van der Waals surface area contributed by atoms with E-state index in [0.29, 0.717) is 18.6 Å². The summed E-state index contributed by atoms with van der Waals surface area (Å²) in [5.41, 5.74) is 0. The first-order valence-corrected chi connectivity index (χ1v) is 6.57. The van der Waals surface area contributed by atoms with Crippen molar-refractivity contribution in [3.8, 4) is 6.07 Å². The minimum Gasteiger partial charge on any atom is -0.299 e. The van der Waals surface area contributed by atoms with Crippen LogP contribution in [0.3, 0.4) is 0 Å². The fourth-order valence-corrected chi connectivity index (χ4v) is 3.52. The first kappa shape index (κ1) is 11.5. The molecule has 0 aliphatic carbocycles. The van der Waals surface area contributed by atoms with Gasteiger partial charge >= 0.3 is 0 Å². The number of nitrogens with zero attached hydrogens (tertiary/aromatic N) is 2. The van der Waals surface area contributed by atoms with Crippen LogP contribution in [-0.4, -0.2) is 44.0 Å². The Morgan fingerprint density at radius 2 is 2.29 bits per heavy atom. The van der Waals surface area contributed by atoms with Gasteiger partial charge in [-0.15, -0.1) is 0 Å². The smallest absolute Gasteiger partial charge is 0.151 e. The van der Waals surface area contributed by atoms with E-state index in [9.17, 15) is 8.42 Å². The molecule has 2 unspecified atom stereocenters. The van der Waals surface area contributed by atoms with Gasteiger partial charge in [0.1, 0.15) is 0 Å². The molecule has 1 fully saturated rings. The molecule has 80 valence electrons. The lowest BCUT2D eigenvalue weighted by Crippen LogP contribution is -2.39. The lowest BCUT2D eigenvalue weighted by atomic mass is 10.1. The zero-order valence-corrected chi connectivity index (χ0v) is 9.42. The van der Waals surface area contributed by atoms with E-state index in [0.717, 1.165) is 0 Å². The van der Waals surface area contributed by atoms with Crippen molar-refractivity contribution >= 4 is 9.84 Å². The third-order valence-electron chi connectivity index (χ3n) is 2.87. The molecule has 1 heterocycles. The average Bonchev–Trinajstić information content (AvgIpc) is 2.45. The fourth-order valence-electron chi connectivity index (χ4n) is 1.73. The van der Waals surface area contributed by atoms with E-state index in [2.05, 4.69) is 6.07 Å². The second-order valence-electron chi connectivity index (χ2n) is 3.93. The quantitative estimate of drug-likeness (QED) is 0.685. The Morgan fingerprint density at radius 3 is 2.71 bits per heavy atom. The van der Waals surface area contributed by atoms with Gasteiger partial charge in [-0.2, -0.15) is 5.26 Å². The number of hydrogen-bond donors (Lipinski definition) is 0. The highest BCUT2D eigenvalue weighted by molar-refractivity contribution is 7.91. The van der Waals surface area contributed by atoms with Crippen LogP contribution in [0, 0.1) is 11.3 Å². The third kappa shape index (κ3) is 2.69. The minimum absolute atomic E-state index is 0.100. The van der Waals surface area contributed by atoms with Gasteiger partial charge in [-0.25, -0.2) is 8.42 Å². The Bertz CT molecular complexity index is 331. The van der Waals surface area contributed by atoms with Gasteiger partial charge in [0.2, 0.25) is 0 Å². The van der Waals surface area contributed by atoms with Crippen LogP contribution >= 0.6 is 0 Å². The molecule has 0 aromatic carbocycles. The molecule has 5 heteroatoms. The Kier molecular flexibility index (Phi) is 3.51. The van der Waals surface area contributed by atoms with Crippen molar-refractivity contribution < 1.29 is 8.42 Å². The van der Waals surface area contributed by atoms with E-state index in [1.807, 2.05) is 18.9 Å². The number of hydrogen-bond acceptors (Lipinski definition) is 4. The number of rotatable bonds is 3. The highest BCUT2D eigenvalue weighted by atomic mass is 32.2. The number of nitriles is 1. The highest BCUT2D eigenvalue weighted by Gasteiger charge is 2.32. The molecule has 4 nitrogen and oxygen atoms in total. The lowest BCUT2D eigenvalue weighted by Gasteiger charge is -2.28. The van der Waals surface area contributed by atoms with Crippen molar-refractivity contribution in [2.45, 2.75) is 31.8 Å². The molecule has 0 amide bonds. The predicted octanol–water partition coefficient (Wildman–Crippen LogP) is 0.407. The SMILES string of the molecule is CC(CC#N)N(C)C1CCS(=O)(=O)C1. The summed E-state index contributed by atoms with van der Waals surface area (Å²) >= 11 is 0. The van der Waals surface area contributed by atoms with Gasteiger partial charge in [0, 0.05) is 12.1 Å². The summed E-state index contributed by atoms with van der Waals surface area (Å²) in [6, 6.07) is 2.34. The van der Waals surface area contributed by atoms with E-state index in [4.69, 9.17) is 5.26 Å². The standard InChI is InChI=1S/C9H16N2O2S/c1-8(3-5-10)11(2)9-4-6-14(12,13)7-9/h8-9H,3-4,6-7H2,1-2H3. The molecule has 0 aromatic rings. The van der Waals surface area contributed by atoms with Crippen LogP contribution in [0.2, 0.25) is 0 Å². The van der Waals surface area contributed by atoms with Gasteiger partial charge < -0.3 is 0 Å². The fraction of sp³-hybridized carbons (Fsp3) is 0.889. The normalized spacial score (nSPS) is 27.4. The van der Waals surface area contributed by atoms with Crippen LogP contribution in [0.15, 0.2) is 0 Å². The first-order chi connectivity index (χ1) is 6.46. The van der Waals surface area contributed by atoms with Crippen molar-refractivity contribution in [1.82, 2.24) is 4.90 Å². The molecule has 0 spiro atoms. The summed E-state index contributed by atoms with van der Waals surface area (Å²) in [5, 5.41) is 8.54. The largest absolute Gasteiger partial charge is 0.299 e. The highest BCUT2D eigenvalue weighted by Crippen LogP contribution is 2.18. The van der Waals surface area contributed by atoms with Crippen LogP contribution in [0.1, 0.15) is 19.8 Å². The molecule has 0 radical (unpaired) electrons. The summed E-state index contributed by atoms with van der Waals surface area (Å²) in [5.74, 6) is 0.542. The third-order valence-corrected chi connectivity index (χ3v) is 4.62. The monoisotopic (exact) mass is 216 g/mol. The number of sulfone groups is 1. The average molecular weight is 216 g/mol. The molecule has 14 heavy (non-hydrogen) atoms. The molecule has 0 saturated carbocycles. The summed E-state index contributed by atoms with van der Waals surface area (Å²) < 4.78 is 22.5. The van der Waals surface area contributed by atoms with E-state index in [1.165, 1.54) is 0 Å². The zero-order chi connectivity index (χ0) is 10.8. The van der Waals surface area contributed by atoms with E-state index < -0.39 is 9.84 Å². The van der Waals surface area contributed by atoms with Gasteiger partial charge in [-0.1, -0.05) is 0 Å². The summed E-state index contributed by atoms with van der Waals surface area (Å²) in [7, 11) is -0.917. The zero-order valence-electron chi connectivity index (χ0n) is 8.60. The molecule has 0 bridgehead atoms. The molecule has 2 atom stereocenters. The van der Waals surface area contributed by atoms with E-state index in [1.54, 1.807) is 0 Å². The van der Waals surface area contributed by atoms with Crippen molar-refractivity contribution in [3.05, 3.63) is 0 Å². The van der Waals surface area contributed by atoms with Crippen LogP contribution in [-0.2, 0) is 9.84 Å². The molecule has 1 rings (SSSR count). The van der Waals surface area contributed by atoms with Gasteiger partial charge in [-0.3, -0.25) is 4.90 Å². The molecule has 0 aromatic heterocycles. The van der Waals surface area contributed by atoms with Gasteiger partial charge in [0.25, 0.3) is 0 Å². The van der Waals surface area contributed by atoms with Crippen LogP contribution < -0.4 is 0 Å². The Hall–Kier alpha value is -0.600. The van der Waals surface area contributed by atoms with Crippen molar-refractivity contribution in [2.24, 2.45) is 0 Å². The maximum Gasteiger partial charge on any atom is 0.151 e. The Labute approximate surface area is 85.4 Å². The molecular weight excluding hydrogens is 200 g/mol. The van der Waals surface area contributed by atoms with Gasteiger partial charge in [0.05, 0.1) is 24.0 Å². The van der Waals surface area contributed by atoms with E-state index in [-0.39, 0.29) is 17.8 Å². The van der Waals surface area contributed by atoms with Gasteiger partial charge in [0.15, 0.2) is 9.84 Å². The molecule has 1 aliphatic rings. The minimum atomic E-state index is -2.81. The second-order valence-corrected chi connectivity index (χ2v) is 6.16. The summed E-state index contributed by atoms with van der Waals surface area (Å²) in [6.07, 6.45) is 1.15. The topological polar surface area (TPSA) is 61.2 Å². The first-order valence-electron chi connectivity index (χ1n) is 4.75. The summed E-state index contributed by atoms with van der Waals surface area (Å²) in [6.45, 7) is 1.95.